The van der Waals surface area contributed by atoms with Crippen molar-refractivity contribution >= 4 is 5.97 Å². The second-order valence-corrected chi connectivity index (χ2v) is 3.64. The molecule has 1 heterocycles. The van der Waals surface area contributed by atoms with Crippen molar-refractivity contribution in [3.8, 4) is 5.75 Å². The van der Waals surface area contributed by atoms with Crippen LogP contribution < -0.4 is 4.74 Å². The van der Waals surface area contributed by atoms with E-state index in [1.165, 1.54) is 0 Å². The molecule has 0 aliphatic rings. The lowest BCUT2D eigenvalue weighted by atomic mass is 10.3. The predicted molar refractivity (Wildman–Crippen MR) is 65.9 cm³/mol. The van der Waals surface area contributed by atoms with Crippen LogP contribution in [0.25, 0.3) is 0 Å². The fraction of sp³-hybridized carbons (Fsp3) is 0.308. The molecule has 0 spiro atoms. The highest BCUT2D eigenvalue weighted by atomic mass is 16.5. The molecule has 0 radical (unpaired) electrons. The maximum Gasteiger partial charge on any atom is 0.379 e. The zero-order chi connectivity index (χ0) is 13.5. The lowest BCUT2D eigenvalue weighted by molar-refractivity contribution is 0.0508. The van der Waals surface area contributed by atoms with Crippen LogP contribution in [-0.4, -0.2) is 29.3 Å². The van der Waals surface area contributed by atoms with Gasteiger partial charge in [-0.1, -0.05) is 18.2 Å². The molecule has 100 valence electrons. The molecule has 0 atom stereocenters. The Hall–Kier alpha value is -2.37. The van der Waals surface area contributed by atoms with E-state index >= 15 is 0 Å². The van der Waals surface area contributed by atoms with Gasteiger partial charge in [0.1, 0.15) is 5.75 Å². The van der Waals surface area contributed by atoms with Crippen molar-refractivity contribution in [2.75, 3.05) is 13.2 Å². The third-order valence-corrected chi connectivity index (χ3v) is 2.25. The van der Waals surface area contributed by atoms with Gasteiger partial charge in [-0.15, -0.1) is 0 Å². The van der Waals surface area contributed by atoms with E-state index in [2.05, 4.69) is 10.1 Å². The van der Waals surface area contributed by atoms with Crippen LogP contribution in [0.4, 0.5) is 0 Å². The van der Waals surface area contributed by atoms with Crippen LogP contribution in [0.3, 0.4) is 0 Å². The minimum Gasteiger partial charge on any atom is -0.493 e. The second-order valence-electron chi connectivity index (χ2n) is 3.64. The molecule has 0 bridgehead atoms. The Kier molecular flexibility index (Phi) is 4.49. The molecule has 0 saturated carbocycles. The van der Waals surface area contributed by atoms with Gasteiger partial charge >= 0.3 is 5.97 Å². The van der Waals surface area contributed by atoms with E-state index in [0.717, 1.165) is 5.75 Å². The molecule has 0 aliphatic heterocycles. The Labute approximate surface area is 110 Å². The first kappa shape index (κ1) is 13.1. The largest absolute Gasteiger partial charge is 0.493 e. The van der Waals surface area contributed by atoms with Crippen molar-refractivity contribution in [2.45, 2.75) is 13.3 Å². The summed E-state index contributed by atoms with van der Waals surface area (Å²) in [5, 5.41) is 3.54. The molecule has 2 rings (SSSR count). The van der Waals surface area contributed by atoms with Gasteiger partial charge in [-0.05, 0) is 24.2 Å². The number of carbonyl (C=O) groups excluding carboxylic acids is 1. The third-order valence-electron chi connectivity index (χ3n) is 2.25. The molecular formula is C13H14N2O4. The normalized spacial score (nSPS) is 10.2. The molecule has 19 heavy (non-hydrogen) atoms. The van der Waals surface area contributed by atoms with Crippen LogP contribution in [0.5, 0.6) is 5.75 Å². The number of benzene rings is 1. The molecule has 0 aliphatic carbocycles. The molecule has 1 aromatic carbocycles. The lowest BCUT2D eigenvalue weighted by Gasteiger charge is -2.02. The quantitative estimate of drug-likeness (QED) is 0.740. The van der Waals surface area contributed by atoms with Crippen LogP contribution in [0.15, 0.2) is 34.9 Å². The summed E-state index contributed by atoms with van der Waals surface area (Å²) in [6.07, 6.45) is 0.432. The third kappa shape index (κ3) is 3.80. The van der Waals surface area contributed by atoms with E-state index in [-0.39, 0.29) is 12.4 Å². The van der Waals surface area contributed by atoms with Gasteiger partial charge in [0.25, 0.3) is 5.82 Å². The van der Waals surface area contributed by atoms with Crippen molar-refractivity contribution in [1.29, 1.82) is 0 Å². The fourth-order valence-corrected chi connectivity index (χ4v) is 1.41. The molecule has 6 nitrogen and oxygen atoms in total. The van der Waals surface area contributed by atoms with E-state index < -0.39 is 5.97 Å². The summed E-state index contributed by atoms with van der Waals surface area (Å²) in [6, 6.07) is 9.41. The number of para-hydroxylation sites is 1. The van der Waals surface area contributed by atoms with Crippen molar-refractivity contribution < 1.29 is 18.8 Å². The number of esters is 1. The van der Waals surface area contributed by atoms with Crippen molar-refractivity contribution in [3.63, 3.8) is 0 Å². The summed E-state index contributed by atoms with van der Waals surface area (Å²) in [5.74, 6) is 0.477. The van der Waals surface area contributed by atoms with Gasteiger partial charge in [-0.2, -0.15) is 4.98 Å². The van der Waals surface area contributed by atoms with Gasteiger partial charge in [-0.25, -0.2) is 4.79 Å². The number of hydrogen-bond acceptors (Lipinski definition) is 6. The predicted octanol–water partition coefficient (Wildman–Crippen LogP) is 1.87. The topological polar surface area (TPSA) is 74.5 Å². The maximum absolute atomic E-state index is 11.3. The Morgan fingerprint density at radius 2 is 2.11 bits per heavy atom. The average molecular weight is 262 g/mol. The minimum absolute atomic E-state index is 0.0587. The van der Waals surface area contributed by atoms with E-state index in [9.17, 15) is 4.79 Å². The van der Waals surface area contributed by atoms with Crippen LogP contribution in [0.2, 0.25) is 0 Å². The number of rotatable bonds is 6. The molecule has 1 aromatic heterocycles. The molecule has 0 saturated heterocycles. The fourth-order valence-electron chi connectivity index (χ4n) is 1.41. The first-order valence-corrected chi connectivity index (χ1v) is 5.97. The molecule has 0 fully saturated rings. The molecule has 6 heteroatoms. The summed E-state index contributed by atoms with van der Waals surface area (Å²) in [7, 11) is 0. The van der Waals surface area contributed by atoms with Crippen LogP contribution >= 0.6 is 0 Å². The molecule has 0 unspecified atom stereocenters. The molecule has 2 aromatic rings. The minimum atomic E-state index is -0.582. The van der Waals surface area contributed by atoms with E-state index in [0.29, 0.717) is 18.9 Å². The zero-order valence-electron chi connectivity index (χ0n) is 10.5. The van der Waals surface area contributed by atoms with Crippen molar-refractivity contribution in [3.05, 3.63) is 42.0 Å². The van der Waals surface area contributed by atoms with E-state index in [4.69, 9.17) is 14.0 Å². The lowest BCUT2D eigenvalue weighted by Crippen LogP contribution is -2.07. The SMILES string of the molecule is CCOC(=O)c1noc(CCOc2ccccc2)n1. The Balaban J connectivity index is 1.82. The molecule has 0 amide bonds. The van der Waals surface area contributed by atoms with E-state index in [1.54, 1.807) is 6.92 Å². The van der Waals surface area contributed by atoms with Crippen LogP contribution in [0, 0.1) is 0 Å². The highest BCUT2D eigenvalue weighted by Crippen LogP contribution is 2.09. The Morgan fingerprint density at radius 1 is 1.32 bits per heavy atom. The van der Waals surface area contributed by atoms with Gasteiger partial charge in [0.05, 0.1) is 19.6 Å². The summed E-state index contributed by atoms with van der Waals surface area (Å²) >= 11 is 0. The standard InChI is InChI=1S/C13H14N2O4/c1-2-17-13(16)12-14-11(19-15-12)8-9-18-10-6-4-3-5-7-10/h3-7H,2,8-9H2,1H3. The number of nitrogens with zero attached hydrogens (tertiary/aromatic N) is 2. The Bertz CT molecular complexity index is 524. The Morgan fingerprint density at radius 3 is 2.84 bits per heavy atom. The highest BCUT2D eigenvalue weighted by Gasteiger charge is 2.15. The highest BCUT2D eigenvalue weighted by molar-refractivity contribution is 5.84. The van der Waals surface area contributed by atoms with Crippen molar-refractivity contribution in [1.82, 2.24) is 10.1 Å². The molecule has 0 N–H and O–H groups in total. The smallest absolute Gasteiger partial charge is 0.379 e. The van der Waals surface area contributed by atoms with Crippen LogP contribution in [-0.2, 0) is 11.2 Å². The van der Waals surface area contributed by atoms with Crippen LogP contribution in [0.1, 0.15) is 23.4 Å². The van der Waals surface area contributed by atoms with Crippen molar-refractivity contribution in [2.24, 2.45) is 0 Å². The average Bonchev–Trinajstić information content (AvgIpc) is 2.89. The first-order chi connectivity index (χ1) is 9.29. The zero-order valence-corrected chi connectivity index (χ0v) is 10.5. The summed E-state index contributed by atoms with van der Waals surface area (Å²) in [5.41, 5.74) is 0. The van der Waals surface area contributed by atoms with Gasteiger partial charge < -0.3 is 14.0 Å². The monoisotopic (exact) mass is 262 g/mol. The van der Waals surface area contributed by atoms with Gasteiger partial charge in [0.2, 0.25) is 5.89 Å². The number of aromatic nitrogens is 2. The maximum atomic E-state index is 11.3. The van der Waals surface area contributed by atoms with Gasteiger partial charge in [0, 0.05) is 0 Å². The number of carbonyl (C=O) groups is 1. The summed E-state index contributed by atoms with van der Waals surface area (Å²) in [4.78, 5) is 15.2. The molecular weight excluding hydrogens is 248 g/mol. The second kappa shape index (κ2) is 6.53. The summed E-state index contributed by atoms with van der Waals surface area (Å²) < 4.78 is 15.2. The summed E-state index contributed by atoms with van der Waals surface area (Å²) in [6.45, 7) is 2.39. The first-order valence-electron chi connectivity index (χ1n) is 5.97. The number of ether oxygens (including phenoxy) is 2. The van der Waals surface area contributed by atoms with Gasteiger partial charge in [-0.3, -0.25) is 0 Å². The van der Waals surface area contributed by atoms with Gasteiger partial charge in [0.15, 0.2) is 0 Å². The number of hydrogen-bond donors (Lipinski definition) is 0. The van der Waals surface area contributed by atoms with E-state index in [1.807, 2.05) is 30.3 Å².